The van der Waals surface area contributed by atoms with E-state index in [2.05, 4.69) is 30.4 Å². The van der Waals surface area contributed by atoms with E-state index in [1.807, 2.05) is 11.8 Å². The predicted octanol–water partition coefficient (Wildman–Crippen LogP) is 1.83. The first-order valence-corrected chi connectivity index (χ1v) is 7.01. The highest BCUT2D eigenvalue weighted by molar-refractivity contribution is 7.99. The van der Waals surface area contributed by atoms with Gasteiger partial charge < -0.3 is 11.1 Å². The molecule has 0 aliphatic heterocycles. The highest BCUT2D eigenvalue weighted by Gasteiger charge is 2.26. The topological polar surface area (TPSA) is 50.4 Å². The van der Waals surface area contributed by atoms with Gasteiger partial charge in [-0.1, -0.05) is 20.3 Å². The van der Waals surface area contributed by atoms with Gasteiger partial charge in [0.1, 0.15) is 0 Å². The van der Waals surface area contributed by atoms with E-state index in [0.717, 1.165) is 6.54 Å². The van der Waals surface area contributed by atoms with E-state index in [1.54, 1.807) is 0 Å². The first-order valence-electron chi connectivity index (χ1n) is 5.72. The van der Waals surface area contributed by atoms with Crippen molar-refractivity contribution in [2.75, 3.05) is 12.8 Å². The van der Waals surface area contributed by atoms with Gasteiger partial charge in [0, 0.05) is 17.8 Å². The average molecular weight is 229 g/mol. The van der Waals surface area contributed by atoms with E-state index in [-0.39, 0.29) is 0 Å². The van der Waals surface area contributed by atoms with Crippen LogP contribution in [0.3, 0.4) is 0 Å². The van der Waals surface area contributed by atoms with E-state index in [9.17, 15) is 0 Å². The zero-order valence-electron chi connectivity index (χ0n) is 9.99. The Morgan fingerprint density at radius 3 is 2.87 bits per heavy atom. The predicted molar refractivity (Wildman–Crippen MR) is 69.4 cm³/mol. The molecule has 1 fully saturated rings. The second-order valence-corrected chi connectivity index (χ2v) is 5.65. The number of hydrogen-bond acceptors (Lipinski definition) is 2. The lowest BCUT2D eigenvalue weighted by atomic mass is 10.2. The Morgan fingerprint density at radius 1 is 1.53 bits per heavy atom. The highest BCUT2D eigenvalue weighted by Crippen LogP contribution is 2.28. The molecule has 1 aliphatic carbocycles. The number of rotatable bonds is 4. The molecule has 1 rings (SSSR count). The number of nitrogens with one attached hydrogen (secondary N) is 1. The molecule has 3 N–H and O–H groups in total. The van der Waals surface area contributed by atoms with E-state index < -0.39 is 0 Å². The van der Waals surface area contributed by atoms with Crippen molar-refractivity contribution in [3.05, 3.63) is 0 Å². The second kappa shape index (κ2) is 6.26. The van der Waals surface area contributed by atoms with E-state index >= 15 is 0 Å². The Balaban J connectivity index is 2.36. The van der Waals surface area contributed by atoms with Gasteiger partial charge in [-0.2, -0.15) is 11.8 Å². The van der Waals surface area contributed by atoms with Crippen molar-refractivity contribution in [1.82, 2.24) is 5.32 Å². The molecule has 0 heterocycles. The quantitative estimate of drug-likeness (QED) is 0.571. The SMILES string of the molecule is CSC1CCCC1NC(N)=NCC(C)C. The summed E-state index contributed by atoms with van der Waals surface area (Å²) in [5, 5.41) is 4.05. The minimum absolute atomic E-state index is 0.524. The summed E-state index contributed by atoms with van der Waals surface area (Å²) in [5.74, 6) is 1.19. The van der Waals surface area contributed by atoms with Gasteiger partial charge >= 0.3 is 0 Å². The maximum Gasteiger partial charge on any atom is 0.188 e. The Morgan fingerprint density at radius 2 is 2.27 bits per heavy atom. The summed E-state index contributed by atoms with van der Waals surface area (Å²) in [6.45, 7) is 5.11. The molecular formula is C11H23N3S. The van der Waals surface area contributed by atoms with E-state index in [4.69, 9.17) is 5.73 Å². The monoisotopic (exact) mass is 229 g/mol. The van der Waals surface area contributed by atoms with Crippen LogP contribution in [0, 0.1) is 5.92 Å². The Bertz CT molecular complexity index is 216. The van der Waals surface area contributed by atoms with Crippen LogP contribution in [0.25, 0.3) is 0 Å². The van der Waals surface area contributed by atoms with Gasteiger partial charge in [-0.05, 0) is 25.0 Å². The van der Waals surface area contributed by atoms with Gasteiger partial charge in [0.25, 0.3) is 0 Å². The van der Waals surface area contributed by atoms with Crippen molar-refractivity contribution < 1.29 is 0 Å². The van der Waals surface area contributed by atoms with Gasteiger partial charge in [0.15, 0.2) is 5.96 Å². The lowest BCUT2D eigenvalue weighted by Gasteiger charge is -2.19. The average Bonchev–Trinajstić information content (AvgIpc) is 2.62. The smallest absolute Gasteiger partial charge is 0.188 e. The third kappa shape index (κ3) is 4.33. The second-order valence-electron chi connectivity index (χ2n) is 4.58. The molecule has 3 nitrogen and oxygen atoms in total. The maximum absolute atomic E-state index is 5.85. The third-order valence-corrected chi connectivity index (χ3v) is 3.89. The molecule has 88 valence electrons. The Kier molecular flexibility index (Phi) is 5.29. The number of nitrogens with zero attached hydrogens (tertiary/aromatic N) is 1. The van der Waals surface area contributed by atoms with Crippen molar-refractivity contribution in [1.29, 1.82) is 0 Å². The fourth-order valence-corrected chi connectivity index (χ4v) is 2.82. The Labute approximate surface area is 97.3 Å². The van der Waals surface area contributed by atoms with Crippen molar-refractivity contribution in [2.24, 2.45) is 16.6 Å². The molecule has 0 saturated heterocycles. The zero-order valence-corrected chi connectivity index (χ0v) is 10.8. The summed E-state index contributed by atoms with van der Waals surface area (Å²) in [6, 6.07) is 0.524. The van der Waals surface area contributed by atoms with Gasteiger partial charge in [-0.15, -0.1) is 0 Å². The van der Waals surface area contributed by atoms with Crippen molar-refractivity contribution in [2.45, 2.75) is 44.4 Å². The molecule has 2 unspecified atom stereocenters. The van der Waals surface area contributed by atoms with Crippen molar-refractivity contribution in [3.63, 3.8) is 0 Å². The molecule has 1 saturated carbocycles. The summed E-state index contributed by atoms with van der Waals surface area (Å²) < 4.78 is 0. The molecule has 0 aromatic rings. The number of hydrogen-bond donors (Lipinski definition) is 2. The normalized spacial score (nSPS) is 27.3. The standard InChI is InChI=1S/C11H23N3S/c1-8(2)7-13-11(12)14-9-5-4-6-10(9)15-3/h8-10H,4-7H2,1-3H3,(H3,12,13,14). The molecule has 15 heavy (non-hydrogen) atoms. The number of aliphatic imine (C=N–C) groups is 1. The van der Waals surface area contributed by atoms with Crippen LogP contribution in [0.1, 0.15) is 33.1 Å². The Hall–Kier alpha value is -0.380. The van der Waals surface area contributed by atoms with Crippen LogP contribution in [-0.4, -0.2) is 30.1 Å². The molecular weight excluding hydrogens is 206 g/mol. The van der Waals surface area contributed by atoms with E-state index in [0.29, 0.717) is 23.2 Å². The van der Waals surface area contributed by atoms with Crippen LogP contribution in [0.15, 0.2) is 4.99 Å². The summed E-state index contributed by atoms with van der Waals surface area (Å²) in [7, 11) is 0. The van der Waals surface area contributed by atoms with Crippen LogP contribution < -0.4 is 11.1 Å². The number of thioether (sulfide) groups is 1. The van der Waals surface area contributed by atoms with Gasteiger partial charge in [-0.3, -0.25) is 4.99 Å². The van der Waals surface area contributed by atoms with Crippen LogP contribution in [0.5, 0.6) is 0 Å². The summed E-state index contributed by atoms with van der Waals surface area (Å²) in [5.41, 5.74) is 5.85. The molecule has 4 heteroatoms. The minimum Gasteiger partial charge on any atom is -0.370 e. The molecule has 0 amide bonds. The molecule has 0 aromatic heterocycles. The van der Waals surface area contributed by atoms with Crippen molar-refractivity contribution in [3.8, 4) is 0 Å². The highest BCUT2D eigenvalue weighted by atomic mass is 32.2. The fraction of sp³-hybridized carbons (Fsp3) is 0.909. The van der Waals surface area contributed by atoms with Gasteiger partial charge in [0.2, 0.25) is 0 Å². The summed E-state index contributed by atoms with van der Waals surface area (Å²) in [4.78, 5) is 4.33. The minimum atomic E-state index is 0.524. The van der Waals surface area contributed by atoms with Crippen LogP contribution in [0.4, 0.5) is 0 Å². The number of nitrogens with two attached hydrogens (primary N) is 1. The maximum atomic E-state index is 5.85. The lowest BCUT2D eigenvalue weighted by molar-refractivity contribution is 0.624. The van der Waals surface area contributed by atoms with Crippen LogP contribution in [0.2, 0.25) is 0 Å². The fourth-order valence-electron chi connectivity index (χ4n) is 1.89. The molecule has 0 bridgehead atoms. The molecule has 0 spiro atoms. The molecule has 1 aliphatic rings. The lowest BCUT2D eigenvalue weighted by Crippen LogP contribution is -2.43. The first kappa shape index (κ1) is 12.7. The van der Waals surface area contributed by atoms with E-state index in [1.165, 1.54) is 19.3 Å². The molecule has 0 aromatic carbocycles. The molecule has 0 radical (unpaired) electrons. The van der Waals surface area contributed by atoms with Gasteiger partial charge in [-0.25, -0.2) is 0 Å². The summed E-state index contributed by atoms with van der Waals surface area (Å²) in [6.07, 6.45) is 6.01. The zero-order chi connectivity index (χ0) is 11.3. The first-order chi connectivity index (χ1) is 7.13. The number of guanidine groups is 1. The van der Waals surface area contributed by atoms with Crippen molar-refractivity contribution >= 4 is 17.7 Å². The summed E-state index contributed by atoms with van der Waals surface area (Å²) >= 11 is 1.93. The third-order valence-electron chi connectivity index (χ3n) is 2.72. The van der Waals surface area contributed by atoms with Gasteiger partial charge in [0.05, 0.1) is 0 Å². The largest absolute Gasteiger partial charge is 0.370 e. The molecule has 2 atom stereocenters. The van der Waals surface area contributed by atoms with Crippen LogP contribution >= 0.6 is 11.8 Å². The van der Waals surface area contributed by atoms with Crippen LogP contribution in [-0.2, 0) is 0 Å².